The third-order valence-electron chi connectivity index (χ3n) is 4.18. The number of fused-ring (bicyclic) bond motifs is 1. The van der Waals surface area contributed by atoms with Crippen LogP contribution in [0.15, 0.2) is 48.8 Å². The van der Waals surface area contributed by atoms with Crippen LogP contribution in [0.4, 0.5) is 11.5 Å². The summed E-state index contributed by atoms with van der Waals surface area (Å²) in [4.78, 5) is 28.7. The maximum Gasteiger partial charge on any atom is 0.297 e. The van der Waals surface area contributed by atoms with E-state index in [4.69, 9.17) is 19.6 Å². The summed E-state index contributed by atoms with van der Waals surface area (Å²) in [5.41, 5.74) is 3.02. The van der Waals surface area contributed by atoms with Gasteiger partial charge in [0.25, 0.3) is 13.3 Å². The van der Waals surface area contributed by atoms with Gasteiger partial charge in [-0.3, -0.25) is 14.5 Å². The van der Waals surface area contributed by atoms with Crippen molar-refractivity contribution in [1.82, 2.24) is 14.9 Å². The first-order chi connectivity index (χ1) is 14.1. The minimum atomic E-state index is -0.274. The minimum Gasteiger partial charge on any atom is -0.340 e. The van der Waals surface area contributed by atoms with Crippen LogP contribution in [0.5, 0.6) is 0 Å². The fraction of sp³-hybridized carbons (Fsp3) is 0.136. The second-order valence-electron chi connectivity index (χ2n) is 6.13. The zero-order chi connectivity index (χ0) is 20.6. The Bertz CT molecular complexity index is 1170. The molecule has 7 heteroatoms. The van der Waals surface area contributed by atoms with Crippen LogP contribution in [0.25, 0.3) is 20.6 Å². The number of aromatic nitrogens is 2. The van der Waals surface area contributed by atoms with E-state index in [1.807, 2.05) is 42.5 Å². The maximum absolute atomic E-state index is 12.4. The van der Waals surface area contributed by atoms with Gasteiger partial charge in [0.05, 0.1) is 11.9 Å². The number of hydrogen-bond donors (Lipinski definition) is 1. The van der Waals surface area contributed by atoms with Crippen LogP contribution >= 0.6 is 0 Å². The molecule has 1 N–H and O–H groups in total. The lowest BCUT2D eigenvalue weighted by Gasteiger charge is -2.12. The molecule has 1 amide bonds. The Hall–Kier alpha value is -4.41. The summed E-state index contributed by atoms with van der Waals surface area (Å²) in [6.07, 6.45) is 7.01. The van der Waals surface area contributed by atoms with Crippen molar-refractivity contribution in [3.8, 4) is 12.3 Å². The Morgan fingerprint density at radius 2 is 1.93 bits per heavy atom. The molecule has 0 saturated carbocycles. The van der Waals surface area contributed by atoms with E-state index in [1.54, 1.807) is 0 Å². The molecule has 1 heterocycles. The molecule has 0 saturated heterocycles. The van der Waals surface area contributed by atoms with Gasteiger partial charge >= 0.3 is 0 Å². The Morgan fingerprint density at radius 1 is 1.14 bits per heavy atom. The zero-order valence-electron chi connectivity index (χ0n) is 15.5. The van der Waals surface area contributed by atoms with E-state index in [1.165, 1.54) is 11.2 Å². The molecule has 29 heavy (non-hydrogen) atoms. The number of carbonyl (C=O) groups is 1. The predicted molar refractivity (Wildman–Crippen MR) is 111 cm³/mol. The molecule has 2 aromatic carbocycles. The van der Waals surface area contributed by atoms with Gasteiger partial charge in [-0.1, -0.05) is 18.1 Å². The smallest absolute Gasteiger partial charge is 0.297 e. The number of benzene rings is 2. The maximum atomic E-state index is 12.4. The monoisotopic (exact) mass is 380 g/mol. The topological polar surface area (TPSA) is 66.8 Å². The van der Waals surface area contributed by atoms with Crippen LogP contribution < -0.4 is 5.32 Å². The number of terminal acetylenes is 1. The Labute approximate surface area is 168 Å². The lowest BCUT2D eigenvalue weighted by molar-refractivity contribution is -0.129. The Balaban J connectivity index is 1.90. The van der Waals surface area contributed by atoms with Crippen molar-refractivity contribution >= 4 is 28.3 Å². The standard InChI is InChI=1S/C22H16N6O/c1-4-16-6-5-7-18(10-16)27-22-19-11-17(8-9-20(19)25-13-26-22)12-21(29)28(14-23-2)15-24-3/h1,5-11,13H,12,14-15H2,(H,25,26,27). The number of carbonyl (C=O) groups excluding carboxylic acids is 1. The summed E-state index contributed by atoms with van der Waals surface area (Å²) in [6.45, 7) is 13.6. The first-order valence-electron chi connectivity index (χ1n) is 8.66. The van der Waals surface area contributed by atoms with E-state index in [9.17, 15) is 4.79 Å². The number of amides is 1. The lowest BCUT2D eigenvalue weighted by Crippen LogP contribution is -2.31. The van der Waals surface area contributed by atoms with Crippen LogP contribution in [0.3, 0.4) is 0 Å². The van der Waals surface area contributed by atoms with E-state index in [2.05, 4.69) is 30.9 Å². The van der Waals surface area contributed by atoms with Crippen LogP contribution in [0.1, 0.15) is 11.1 Å². The molecule has 0 aliphatic heterocycles. The lowest BCUT2D eigenvalue weighted by atomic mass is 10.1. The number of nitrogens with zero attached hydrogens (tertiary/aromatic N) is 5. The Kier molecular flexibility index (Phi) is 6.00. The summed E-state index contributed by atoms with van der Waals surface area (Å²) in [7, 11) is 0. The van der Waals surface area contributed by atoms with Crippen LogP contribution in [0.2, 0.25) is 0 Å². The molecule has 1 aromatic heterocycles. The van der Waals surface area contributed by atoms with Gasteiger partial charge in [-0.05, 0) is 35.9 Å². The second-order valence-corrected chi connectivity index (χ2v) is 6.13. The summed E-state index contributed by atoms with van der Waals surface area (Å²) < 4.78 is 0. The van der Waals surface area contributed by atoms with Crippen LogP contribution in [-0.2, 0) is 11.2 Å². The van der Waals surface area contributed by atoms with Crippen molar-refractivity contribution in [2.75, 3.05) is 18.7 Å². The van der Waals surface area contributed by atoms with Crippen molar-refractivity contribution in [2.45, 2.75) is 6.42 Å². The van der Waals surface area contributed by atoms with Gasteiger partial charge in [-0.2, -0.15) is 0 Å². The van der Waals surface area contributed by atoms with Gasteiger partial charge in [-0.15, -0.1) is 6.42 Å². The van der Waals surface area contributed by atoms with Gasteiger partial charge in [0.1, 0.15) is 12.1 Å². The summed E-state index contributed by atoms with van der Waals surface area (Å²) in [6, 6.07) is 12.9. The molecule has 0 atom stereocenters. The fourth-order valence-electron chi connectivity index (χ4n) is 2.80. The highest BCUT2D eigenvalue weighted by atomic mass is 16.2. The molecular formula is C22H16N6O. The van der Waals surface area contributed by atoms with E-state index >= 15 is 0 Å². The molecule has 7 nitrogen and oxygen atoms in total. The number of nitrogens with one attached hydrogen (secondary N) is 1. The molecule has 0 unspecified atom stereocenters. The van der Waals surface area contributed by atoms with E-state index < -0.39 is 0 Å². The number of rotatable bonds is 6. The molecule has 140 valence electrons. The van der Waals surface area contributed by atoms with Gasteiger partial charge < -0.3 is 5.32 Å². The van der Waals surface area contributed by atoms with E-state index in [0.717, 1.165) is 27.7 Å². The number of anilines is 2. The minimum absolute atomic E-state index is 0.0852. The summed E-state index contributed by atoms with van der Waals surface area (Å²) in [5, 5.41) is 4.00. The average Bonchev–Trinajstić information content (AvgIpc) is 2.74. The average molecular weight is 380 g/mol. The van der Waals surface area contributed by atoms with Gasteiger partial charge in [0.15, 0.2) is 0 Å². The van der Waals surface area contributed by atoms with Gasteiger partial charge in [0, 0.05) is 16.6 Å². The van der Waals surface area contributed by atoms with Crippen LogP contribution in [0, 0.1) is 25.5 Å². The van der Waals surface area contributed by atoms with Crippen molar-refractivity contribution < 1.29 is 4.79 Å². The molecule has 3 aromatic rings. The quantitative estimate of drug-likeness (QED) is 0.525. The molecule has 0 aliphatic carbocycles. The summed E-state index contributed by atoms with van der Waals surface area (Å²) >= 11 is 0. The summed E-state index contributed by atoms with van der Waals surface area (Å²) in [5.74, 6) is 2.92. The van der Waals surface area contributed by atoms with Crippen molar-refractivity contribution in [2.24, 2.45) is 0 Å². The molecule has 0 aliphatic rings. The highest BCUT2D eigenvalue weighted by Crippen LogP contribution is 2.25. The van der Waals surface area contributed by atoms with E-state index in [0.29, 0.717) is 5.82 Å². The highest BCUT2D eigenvalue weighted by molar-refractivity contribution is 5.92. The molecule has 0 radical (unpaired) electrons. The predicted octanol–water partition coefficient (Wildman–Crippen LogP) is 3.48. The van der Waals surface area contributed by atoms with Gasteiger partial charge in [0.2, 0.25) is 5.91 Å². The highest BCUT2D eigenvalue weighted by Gasteiger charge is 2.18. The first kappa shape index (κ1) is 19.4. The third-order valence-corrected chi connectivity index (χ3v) is 4.18. The molecule has 3 rings (SSSR count). The van der Waals surface area contributed by atoms with E-state index in [-0.39, 0.29) is 25.7 Å². The molecule has 0 bridgehead atoms. The normalized spacial score (nSPS) is 9.83. The largest absolute Gasteiger partial charge is 0.340 e. The van der Waals surface area contributed by atoms with Crippen LogP contribution in [-0.4, -0.2) is 34.1 Å². The number of hydrogen-bond acceptors (Lipinski definition) is 4. The second kappa shape index (κ2) is 8.99. The molecule has 0 spiro atoms. The molecular weight excluding hydrogens is 364 g/mol. The molecule has 0 fully saturated rings. The zero-order valence-corrected chi connectivity index (χ0v) is 15.5. The van der Waals surface area contributed by atoms with Gasteiger partial charge in [-0.25, -0.2) is 28.0 Å². The fourth-order valence-corrected chi connectivity index (χ4v) is 2.80. The van der Waals surface area contributed by atoms with Crippen molar-refractivity contribution in [1.29, 1.82) is 0 Å². The first-order valence-corrected chi connectivity index (χ1v) is 8.66. The SMILES string of the molecule is [C-]#[N+]CN(C[N+]#[C-])C(=O)Cc1ccc2ncnc(Nc3cccc(C#C)c3)c2c1. The van der Waals surface area contributed by atoms with Crippen molar-refractivity contribution in [3.63, 3.8) is 0 Å². The third kappa shape index (κ3) is 4.66. The Morgan fingerprint density at radius 3 is 2.66 bits per heavy atom. The van der Waals surface area contributed by atoms with Crippen molar-refractivity contribution in [3.05, 3.63) is 82.8 Å².